The van der Waals surface area contributed by atoms with Crippen LogP contribution in [0.3, 0.4) is 0 Å². The van der Waals surface area contributed by atoms with Crippen LogP contribution < -0.4 is 15.5 Å². The normalized spacial score (nSPS) is 17.5. The molecule has 11 heteroatoms. The molecule has 1 fully saturated rings. The Kier molecular flexibility index (Phi) is 6.88. The predicted octanol–water partition coefficient (Wildman–Crippen LogP) is 5.37. The summed E-state index contributed by atoms with van der Waals surface area (Å²) in [5, 5.41) is 17.0. The lowest BCUT2D eigenvalue weighted by atomic mass is 10.1. The first-order valence-corrected chi connectivity index (χ1v) is 13.9. The molecule has 4 heterocycles. The van der Waals surface area contributed by atoms with Crippen LogP contribution in [0.15, 0.2) is 81.9 Å². The lowest BCUT2D eigenvalue weighted by Crippen LogP contribution is -2.30. The third-order valence-electron chi connectivity index (χ3n) is 6.78. The van der Waals surface area contributed by atoms with Crippen LogP contribution >= 0.6 is 23.4 Å². The van der Waals surface area contributed by atoms with E-state index in [2.05, 4.69) is 20.5 Å². The number of nitrogens with one attached hydrogen (secondary N) is 3. The lowest BCUT2D eigenvalue weighted by Gasteiger charge is -2.25. The quantitative estimate of drug-likeness (QED) is 0.234. The number of aliphatic hydroxyl groups excluding tert-OH is 1. The zero-order chi connectivity index (χ0) is 26.9. The molecule has 0 saturated carbocycles. The number of aliphatic hydroxyl groups is 1. The van der Waals surface area contributed by atoms with E-state index in [-0.39, 0.29) is 11.3 Å². The number of aromatic amines is 1. The Labute approximate surface area is 233 Å². The highest BCUT2D eigenvalue weighted by atomic mass is 35.5. The number of halogens is 1. The van der Waals surface area contributed by atoms with E-state index in [1.807, 2.05) is 24.3 Å². The highest BCUT2D eigenvalue weighted by Crippen LogP contribution is 2.38. The van der Waals surface area contributed by atoms with E-state index in [1.165, 1.54) is 18.2 Å². The number of benzene rings is 2. The summed E-state index contributed by atoms with van der Waals surface area (Å²) in [6.45, 7) is 1.97. The first kappa shape index (κ1) is 25.3. The monoisotopic (exact) mass is 560 g/mol. The van der Waals surface area contributed by atoms with Gasteiger partial charge >= 0.3 is 0 Å². The van der Waals surface area contributed by atoms with E-state index in [9.17, 15) is 14.7 Å². The smallest absolute Gasteiger partial charge is 0.264 e. The second-order valence-corrected chi connectivity index (χ2v) is 10.8. The number of hydrogen-bond acceptors (Lipinski definition) is 7. The lowest BCUT2D eigenvalue weighted by molar-refractivity contribution is -0.120. The third kappa shape index (κ3) is 5.05. The first-order chi connectivity index (χ1) is 19.0. The molecule has 2 aromatic heterocycles. The maximum absolute atomic E-state index is 13.0. The number of fused-ring (bicyclic) bond motifs is 1. The highest BCUT2D eigenvalue weighted by Gasteiger charge is 2.37. The van der Waals surface area contributed by atoms with E-state index < -0.39 is 17.9 Å². The Morgan fingerprint density at radius 2 is 1.82 bits per heavy atom. The summed E-state index contributed by atoms with van der Waals surface area (Å²) in [6.07, 6.45) is 3.56. The van der Waals surface area contributed by atoms with Gasteiger partial charge in [0, 0.05) is 18.0 Å². The average Bonchev–Trinajstić information content (AvgIpc) is 3.51. The van der Waals surface area contributed by atoms with E-state index >= 15 is 0 Å². The number of piperidine rings is 1. The van der Waals surface area contributed by atoms with E-state index in [1.54, 1.807) is 36.4 Å². The minimum Gasteiger partial charge on any atom is -0.509 e. The van der Waals surface area contributed by atoms with Gasteiger partial charge in [0.1, 0.15) is 27.9 Å². The van der Waals surface area contributed by atoms with Crippen molar-refractivity contribution in [3.8, 4) is 0 Å². The SMILES string of the molecule is O=C(Nc1cccc(Sc2ccc3nc(N4CCCCC4)[nH]c3n2)c1Cl)C1=C(O)C(c2ccccc2)NC1=O. The van der Waals surface area contributed by atoms with Gasteiger partial charge in [-0.15, -0.1) is 0 Å². The van der Waals surface area contributed by atoms with Gasteiger partial charge < -0.3 is 25.6 Å². The number of imidazole rings is 1. The van der Waals surface area contributed by atoms with Gasteiger partial charge in [0.15, 0.2) is 5.65 Å². The first-order valence-electron chi connectivity index (χ1n) is 12.7. The zero-order valence-corrected chi connectivity index (χ0v) is 22.4. The second kappa shape index (κ2) is 10.6. The number of rotatable bonds is 6. The van der Waals surface area contributed by atoms with Gasteiger partial charge in [-0.1, -0.05) is 59.8 Å². The molecule has 0 radical (unpaired) electrons. The molecule has 1 saturated heterocycles. The molecular weight excluding hydrogens is 536 g/mol. The zero-order valence-electron chi connectivity index (χ0n) is 20.8. The van der Waals surface area contributed by atoms with Crippen molar-refractivity contribution in [3.05, 3.63) is 82.6 Å². The van der Waals surface area contributed by atoms with Crippen molar-refractivity contribution in [2.24, 2.45) is 0 Å². The summed E-state index contributed by atoms with van der Waals surface area (Å²) < 4.78 is 0. The summed E-state index contributed by atoms with van der Waals surface area (Å²) in [6, 6.07) is 17.2. The van der Waals surface area contributed by atoms with Crippen molar-refractivity contribution >= 4 is 58.0 Å². The molecule has 6 rings (SSSR count). The number of nitrogens with zero attached hydrogens (tertiary/aromatic N) is 3. The van der Waals surface area contributed by atoms with Crippen molar-refractivity contribution < 1.29 is 14.7 Å². The molecule has 39 heavy (non-hydrogen) atoms. The van der Waals surface area contributed by atoms with Gasteiger partial charge in [0.25, 0.3) is 11.8 Å². The van der Waals surface area contributed by atoms with Crippen LogP contribution in [-0.4, -0.2) is 45.0 Å². The molecule has 2 amide bonds. The molecule has 4 aromatic rings. The minimum absolute atomic E-state index is 0.300. The van der Waals surface area contributed by atoms with E-state index in [0.717, 1.165) is 37.4 Å². The van der Waals surface area contributed by atoms with Crippen LogP contribution in [-0.2, 0) is 9.59 Å². The van der Waals surface area contributed by atoms with Gasteiger partial charge in [-0.25, -0.2) is 9.97 Å². The molecule has 0 aliphatic carbocycles. The Morgan fingerprint density at radius 1 is 1.03 bits per heavy atom. The molecular formula is C28H25ClN6O3S. The molecule has 4 N–H and O–H groups in total. The second-order valence-electron chi connectivity index (χ2n) is 9.38. The fourth-order valence-electron chi connectivity index (χ4n) is 4.80. The highest BCUT2D eigenvalue weighted by molar-refractivity contribution is 7.99. The van der Waals surface area contributed by atoms with Crippen molar-refractivity contribution in [1.82, 2.24) is 20.3 Å². The van der Waals surface area contributed by atoms with Gasteiger partial charge in [-0.2, -0.15) is 0 Å². The molecule has 0 bridgehead atoms. The number of amides is 2. The molecule has 2 aliphatic heterocycles. The third-order valence-corrected chi connectivity index (χ3v) is 8.29. The fraction of sp³-hybridized carbons (Fsp3) is 0.214. The molecule has 198 valence electrons. The van der Waals surface area contributed by atoms with Crippen molar-refractivity contribution in [3.63, 3.8) is 0 Å². The number of pyridine rings is 1. The molecule has 1 unspecified atom stereocenters. The summed E-state index contributed by atoms with van der Waals surface area (Å²) in [4.78, 5) is 41.3. The summed E-state index contributed by atoms with van der Waals surface area (Å²) in [5.74, 6) is -0.882. The number of carbonyl (C=O) groups excluding carboxylic acids is 2. The van der Waals surface area contributed by atoms with Crippen LogP contribution in [0.4, 0.5) is 11.6 Å². The number of aromatic nitrogens is 3. The minimum atomic E-state index is -0.782. The van der Waals surface area contributed by atoms with Gasteiger partial charge in [0.2, 0.25) is 5.95 Å². The summed E-state index contributed by atoms with van der Waals surface area (Å²) >= 11 is 8.01. The number of hydrogen-bond donors (Lipinski definition) is 4. The van der Waals surface area contributed by atoms with Crippen LogP contribution in [0, 0.1) is 0 Å². The Balaban J connectivity index is 1.20. The molecule has 2 aromatic carbocycles. The van der Waals surface area contributed by atoms with Crippen LogP contribution in [0.25, 0.3) is 11.2 Å². The molecule has 1 atom stereocenters. The van der Waals surface area contributed by atoms with Crippen LogP contribution in [0.1, 0.15) is 30.9 Å². The van der Waals surface area contributed by atoms with E-state index in [0.29, 0.717) is 31.8 Å². The summed E-state index contributed by atoms with van der Waals surface area (Å²) in [7, 11) is 0. The summed E-state index contributed by atoms with van der Waals surface area (Å²) in [5.41, 5.74) is 2.15. The van der Waals surface area contributed by atoms with Crippen molar-refractivity contribution in [2.75, 3.05) is 23.3 Å². The average molecular weight is 561 g/mol. The van der Waals surface area contributed by atoms with Crippen LogP contribution in [0.5, 0.6) is 0 Å². The van der Waals surface area contributed by atoms with Gasteiger partial charge in [-0.05, 0) is 49.1 Å². The van der Waals surface area contributed by atoms with E-state index in [4.69, 9.17) is 21.6 Å². The maximum Gasteiger partial charge on any atom is 0.264 e. The van der Waals surface area contributed by atoms with Gasteiger partial charge in [-0.3, -0.25) is 9.59 Å². The van der Waals surface area contributed by atoms with Crippen molar-refractivity contribution in [1.29, 1.82) is 0 Å². The largest absolute Gasteiger partial charge is 0.509 e. The Morgan fingerprint density at radius 3 is 2.62 bits per heavy atom. The predicted molar refractivity (Wildman–Crippen MR) is 151 cm³/mol. The topological polar surface area (TPSA) is 123 Å². The fourth-order valence-corrected chi connectivity index (χ4v) is 5.93. The Bertz CT molecular complexity index is 1600. The standard InChI is InChI=1S/C28H25ClN6O3S/c29-22-17(30-26(37)21-24(36)23(33-27(21)38)16-8-3-1-4-9-16)10-7-11-19(22)39-20-13-12-18-25(32-20)34-28(31-18)35-14-5-2-6-15-35/h1,3-4,7-13,23,36H,2,5-6,14-15H2,(H,30,37)(H,33,38)(H,31,32,34). The number of H-pyrrole nitrogens is 1. The Hall–Kier alpha value is -4.02. The maximum atomic E-state index is 13.0. The van der Waals surface area contributed by atoms with Crippen molar-refractivity contribution in [2.45, 2.75) is 35.2 Å². The number of anilines is 2. The van der Waals surface area contributed by atoms with Gasteiger partial charge in [0.05, 0.1) is 10.7 Å². The number of carbonyl (C=O) groups is 2. The molecule has 2 aliphatic rings. The molecule has 9 nitrogen and oxygen atoms in total. The molecule has 0 spiro atoms. The van der Waals surface area contributed by atoms with Crippen LogP contribution in [0.2, 0.25) is 5.02 Å².